The maximum absolute atomic E-state index is 13.4. The molecule has 1 N–H and O–H groups in total. The molecule has 1 amide bonds. The van der Waals surface area contributed by atoms with Gasteiger partial charge in [0.2, 0.25) is 0 Å². The quantitative estimate of drug-likeness (QED) is 0.751. The summed E-state index contributed by atoms with van der Waals surface area (Å²) in [5.74, 6) is -1.34. The molecule has 2 aromatic heterocycles. The molecule has 0 unspecified atom stereocenters. The second-order valence-electron chi connectivity index (χ2n) is 5.14. The van der Waals surface area contributed by atoms with Crippen LogP contribution in [0.5, 0.6) is 0 Å². The highest BCUT2D eigenvalue weighted by atomic mass is 19.1. The number of hydrogen-bond acceptors (Lipinski definition) is 4. The first-order chi connectivity index (χ1) is 11.5. The summed E-state index contributed by atoms with van der Waals surface area (Å²) >= 11 is 0. The van der Waals surface area contributed by atoms with E-state index in [-0.39, 0.29) is 5.69 Å². The second-order valence-corrected chi connectivity index (χ2v) is 5.14. The van der Waals surface area contributed by atoms with Crippen molar-refractivity contribution in [2.45, 2.75) is 6.92 Å². The Morgan fingerprint density at radius 1 is 1.17 bits per heavy atom. The number of rotatable bonds is 3. The average Bonchev–Trinajstić information content (AvgIpc) is 2.90. The third-order valence-electron chi connectivity index (χ3n) is 3.54. The number of halogens is 1. The first-order valence-electron chi connectivity index (χ1n) is 7.13. The van der Waals surface area contributed by atoms with Gasteiger partial charge in [0.25, 0.3) is 5.91 Å². The number of fused-ring (bicyclic) bond motifs is 1. The standard InChI is InChI=1S/C17H14FN3O3/c1-10-15(21-9-12(18)5-8-14(21)19-10)16(22)20-13-6-3-11(4-7-13)17(23)24-2/h3-9H,1-2H3,(H,20,22). The Bertz CT molecular complexity index is 932. The molecule has 0 spiro atoms. The zero-order valence-electron chi connectivity index (χ0n) is 13.0. The minimum Gasteiger partial charge on any atom is -0.465 e. The number of benzene rings is 1. The molecule has 0 atom stereocenters. The fourth-order valence-electron chi connectivity index (χ4n) is 2.41. The lowest BCUT2D eigenvalue weighted by molar-refractivity contribution is 0.0600. The number of methoxy groups -OCH3 is 1. The Morgan fingerprint density at radius 3 is 2.54 bits per heavy atom. The molecule has 0 bridgehead atoms. The summed E-state index contributed by atoms with van der Waals surface area (Å²) in [6, 6.07) is 9.05. The van der Waals surface area contributed by atoms with E-state index >= 15 is 0 Å². The Morgan fingerprint density at radius 2 is 1.88 bits per heavy atom. The van der Waals surface area contributed by atoms with E-state index in [1.807, 2.05) is 0 Å². The minimum absolute atomic E-state index is 0.251. The molecule has 0 radical (unpaired) electrons. The van der Waals surface area contributed by atoms with Crippen molar-refractivity contribution in [1.82, 2.24) is 9.38 Å². The summed E-state index contributed by atoms with van der Waals surface area (Å²) in [4.78, 5) is 28.1. The number of ether oxygens (including phenoxy) is 1. The fourth-order valence-corrected chi connectivity index (χ4v) is 2.41. The fraction of sp³-hybridized carbons (Fsp3) is 0.118. The molecular weight excluding hydrogens is 313 g/mol. The third kappa shape index (κ3) is 2.83. The van der Waals surface area contributed by atoms with Crippen LogP contribution in [0.4, 0.5) is 10.1 Å². The van der Waals surface area contributed by atoms with Crippen LogP contribution in [0.15, 0.2) is 42.6 Å². The Labute approximate surface area is 136 Å². The van der Waals surface area contributed by atoms with Crippen LogP contribution >= 0.6 is 0 Å². The number of anilines is 1. The predicted molar refractivity (Wildman–Crippen MR) is 85.6 cm³/mol. The third-order valence-corrected chi connectivity index (χ3v) is 3.54. The van der Waals surface area contributed by atoms with Crippen LogP contribution in [0.3, 0.4) is 0 Å². The van der Waals surface area contributed by atoms with Crippen LogP contribution in [0.1, 0.15) is 26.5 Å². The van der Waals surface area contributed by atoms with E-state index in [0.717, 1.165) is 0 Å². The number of pyridine rings is 1. The summed E-state index contributed by atoms with van der Waals surface area (Å²) < 4.78 is 19.5. The summed E-state index contributed by atoms with van der Waals surface area (Å²) in [6.45, 7) is 1.68. The molecule has 3 aromatic rings. The van der Waals surface area contributed by atoms with Crippen molar-refractivity contribution in [3.05, 3.63) is 65.4 Å². The number of nitrogens with one attached hydrogen (secondary N) is 1. The second kappa shape index (κ2) is 6.11. The number of aromatic nitrogens is 2. The van der Waals surface area contributed by atoms with Crippen molar-refractivity contribution >= 4 is 23.2 Å². The lowest BCUT2D eigenvalue weighted by atomic mass is 10.2. The van der Waals surface area contributed by atoms with Gasteiger partial charge in [0.1, 0.15) is 17.2 Å². The number of hydrogen-bond donors (Lipinski definition) is 1. The highest BCUT2D eigenvalue weighted by Crippen LogP contribution is 2.16. The molecule has 0 saturated carbocycles. The van der Waals surface area contributed by atoms with Gasteiger partial charge >= 0.3 is 5.97 Å². The van der Waals surface area contributed by atoms with E-state index in [9.17, 15) is 14.0 Å². The van der Waals surface area contributed by atoms with Gasteiger partial charge in [0, 0.05) is 11.9 Å². The van der Waals surface area contributed by atoms with Gasteiger partial charge in [-0.2, -0.15) is 0 Å². The maximum Gasteiger partial charge on any atom is 0.337 e. The molecule has 2 heterocycles. The van der Waals surface area contributed by atoms with Crippen LogP contribution in [0.2, 0.25) is 0 Å². The average molecular weight is 327 g/mol. The normalized spacial score (nSPS) is 10.6. The molecule has 0 aliphatic carbocycles. The highest BCUT2D eigenvalue weighted by Gasteiger charge is 2.17. The van der Waals surface area contributed by atoms with Gasteiger partial charge < -0.3 is 10.1 Å². The van der Waals surface area contributed by atoms with Crippen molar-refractivity contribution in [3.63, 3.8) is 0 Å². The molecule has 3 rings (SSSR count). The molecule has 7 heteroatoms. The van der Waals surface area contributed by atoms with E-state index in [1.165, 1.54) is 29.8 Å². The van der Waals surface area contributed by atoms with Crippen LogP contribution in [0, 0.1) is 12.7 Å². The van der Waals surface area contributed by atoms with Gasteiger partial charge in [-0.25, -0.2) is 14.2 Å². The summed E-state index contributed by atoms with van der Waals surface area (Å²) in [5, 5.41) is 2.71. The first-order valence-corrected chi connectivity index (χ1v) is 7.13. The molecule has 122 valence electrons. The summed E-state index contributed by atoms with van der Waals surface area (Å²) in [5.41, 5.74) is 2.10. The SMILES string of the molecule is COC(=O)c1ccc(NC(=O)c2c(C)nc3ccc(F)cn23)cc1. The zero-order chi connectivity index (χ0) is 17.3. The van der Waals surface area contributed by atoms with Gasteiger partial charge in [0.05, 0.1) is 18.4 Å². The van der Waals surface area contributed by atoms with Gasteiger partial charge in [-0.05, 0) is 43.3 Å². The van der Waals surface area contributed by atoms with Crippen molar-refractivity contribution in [2.24, 2.45) is 0 Å². The maximum atomic E-state index is 13.4. The molecular formula is C17H14FN3O3. The van der Waals surface area contributed by atoms with Crippen LogP contribution < -0.4 is 5.32 Å². The molecule has 0 aliphatic rings. The van der Waals surface area contributed by atoms with Crippen LogP contribution in [-0.4, -0.2) is 28.4 Å². The van der Waals surface area contributed by atoms with E-state index < -0.39 is 17.7 Å². The minimum atomic E-state index is -0.462. The summed E-state index contributed by atoms with van der Waals surface area (Å²) in [6.07, 6.45) is 1.21. The number of aryl methyl sites for hydroxylation is 1. The van der Waals surface area contributed by atoms with Gasteiger partial charge in [0.15, 0.2) is 0 Å². The number of carbonyl (C=O) groups is 2. The van der Waals surface area contributed by atoms with E-state index in [2.05, 4.69) is 15.0 Å². The number of carbonyl (C=O) groups excluding carboxylic acids is 2. The first kappa shape index (κ1) is 15.7. The monoisotopic (exact) mass is 327 g/mol. The molecule has 1 aromatic carbocycles. The highest BCUT2D eigenvalue weighted by molar-refractivity contribution is 6.04. The number of amides is 1. The largest absolute Gasteiger partial charge is 0.465 e. The van der Waals surface area contributed by atoms with Crippen LogP contribution in [0.25, 0.3) is 5.65 Å². The van der Waals surface area contributed by atoms with Gasteiger partial charge in [-0.1, -0.05) is 0 Å². The van der Waals surface area contributed by atoms with Crippen molar-refractivity contribution < 1.29 is 18.7 Å². The zero-order valence-corrected chi connectivity index (χ0v) is 13.0. The lowest BCUT2D eigenvalue weighted by Gasteiger charge is -2.07. The number of nitrogens with zero attached hydrogens (tertiary/aromatic N) is 2. The number of imidazole rings is 1. The molecule has 0 saturated heterocycles. The summed E-state index contributed by atoms with van der Waals surface area (Å²) in [7, 11) is 1.30. The van der Waals surface area contributed by atoms with Crippen molar-refractivity contribution in [1.29, 1.82) is 0 Å². The predicted octanol–water partition coefficient (Wildman–Crippen LogP) is 2.82. The Hall–Kier alpha value is -3.22. The van der Waals surface area contributed by atoms with E-state index in [0.29, 0.717) is 22.6 Å². The topological polar surface area (TPSA) is 72.7 Å². The van der Waals surface area contributed by atoms with Gasteiger partial charge in [-0.15, -0.1) is 0 Å². The van der Waals surface area contributed by atoms with E-state index in [4.69, 9.17) is 0 Å². The Balaban J connectivity index is 1.89. The van der Waals surface area contributed by atoms with Crippen molar-refractivity contribution in [3.8, 4) is 0 Å². The van der Waals surface area contributed by atoms with Crippen molar-refractivity contribution in [2.75, 3.05) is 12.4 Å². The Kier molecular flexibility index (Phi) is 3.99. The van der Waals surface area contributed by atoms with Crippen LogP contribution in [-0.2, 0) is 4.74 Å². The molecule has 0 aliphatic heterocycles. The van der Waals surface area contributed by atoms with Gasteiger partial charge in [-0.3, -0.25) is 9.20 Å². The molecule has 6 nitrogen and oxygen atoms in total. The number of esters is 1. The lowest BCUT2D eigenvalue weighted by Crippen LogP contribution is -2.16. The molecule has 0 fully saturated rings. The molecule has 24 heavy (non-hydrogen) atoms. The smallest absolute Gasteiger partial charge is 0.337 e. The van der Waals surface area contributed by atoms with E-state index in [1.54, 1.807) is 31.2 Å².